The number of rotatable bonds is 8. The number of carbonyl (C=O) groups is 1. The van der Waals surface area contributed by atoms with Crippen molar-refractivity contribution in [3.05, 3.63) is 89.4 Å². The Kier molecular flexibility index (Phi) is 6.08. The van der Waals surface area contributed by atoms with Crippen LogP contribution in [0.25, 0.3) is 17.2 Å². The van der Waals surface area contributed by atoms with Crippen molar-refractivity contribution < 1.29 is 4.79 Å². The zero-order valence-electron chi connectivity index (χ0n) is 21.0. The molecule has 1 fully saturated rings. The summed E-state index contributed by atoms with van der Waals surface area (Å²) in [4.78, 5) is 30.6. The fraction of sp³-hybridized carbons (Fsp3) is 0.222. The van der Waals surface area contributed by atoms with Crippen molar-refractivity contribution in [3.63, 3.8) is 0 Å². The monoisotopic (exact) mass is 506 g/mol. The molecule has 0 aliphatic heterocycles. The van der Waals surface area contributed by atoms with Crippen molar-refractivity contribution in [2.24, 2.45) is 0 Å². The van der Waals surface area contributed by atoms with E-state index in [1.807, 2.05) is 50.5 Å². The van der Waals surface area contributed by atoms with Crippen LogP contribution in [0.3, 0.4) is 0 Å². The first-order valence-electron chi connectivity index (χ1n) is 12.4. The summed E-state index contributed by atoms with van der Waals surface area (Å²) >= 11 is 0. The molecule has 5 heterocycles. The maximum absolute atomic E-state index is 12.7. The number of aromatic amines is 1. The summed E-state index contributed by atoms with van der Waals surface area (Å²) in [6, 6.07) is 11.0. The molecule has 1 aliphatic rings. The van der Waals surface area contributed by atoms with Crippen LogP contribution in [0.15, 0.2) is 61.2 Å². The minimum absolute atomic E-state index is 0.275. The number of nitrogens with one attached hydrogen (secondary N) is 3. The number of nitrogens with zero attached hydrogens (tertiary/aromatic N) is 7. The van der Waals surface area contributed by atoms with Crippen LogP contribution >= 0.6 is 0 Å². The topological polar surface area (TPSA) is 139 Å². The average molecular weight is 507 g/mol. The predicted octanol–water partition coefficient (Wildman–Crippen LogP) is 4.01. The van der Waals surface area contributed by atoms with E-state index in [4.69, 9.17) is 0 Å². The SMILES string of the molecule is Cc1cc(Nc2cc(C)[nH]n2)nc(-c2ccc(C(=O)NCc3ccc(-n4cc(C5CC5)cn4)nc3)nc2)n1. The Labute approximate surface area is 218 Å². The van der Waals surface area contributed by atoms with E-state index >= 15 is 0 Å². The first-order chi connectivity index (χ1) is 18.5. The van der Waals surface area contributed by atoms with E-state index in [0.29, 0.717) is 41.2 Å². The van der Waals surface area contributed by atoms with Gasteiger partial charge >= 0.3 is 0 Å². The summed E-state index contributed by atoms with van der Waals surface area (Å²) in [5.41, 5.74) is 4.89. The Morgan fingerprint density at radius 3 is 2.63 bits per heavy atom. The molecule has 1 aliphatic carbocycles. The summed E-state index contributed by atoms with van der Waals surface area (Å²) in [6.07, 6.45) is 9.77. The van der Waals surface area contributed by atoms with Crippen molar-refractivity contribution in [3.8, 4) is 17.2 Å². The van der Waals surface area contributed by atoms with Crippen molar-refractivity contribution in [2.45, 2.75) is 39.2 Å². The molecular formula is C27H26N10O. The van der Waals surface area contributed by atoms with E-state index in [1.54, 1.807) is 29.2 Å². The van der Waals surface area contributed by atoms with Gasteiger partial charge in [0.15, 0.2) is 17.5 Å². The number of carbonyl (C=O) groups excluding carboxylic acids is 1. The molecule has 0 spiro atoms. The van der Waals surface area contributed by atoms with E-state index in [1.165, 1.54) is 18.4 Å². The molecule has 11 heteroatoms. The van der Waals surface area contributed by atoms with Gasteiger partial charge < -0.3 is 10.6 Å². The number of aryl methyl sites for hydroxylation is 2. The summed E-state index contributed by atoms with van der Waals surface area (Å²) in [5, 5.41) is 17.5. The van der Waals surface area contributed by atoms with Crippen molar-refractivity contribution in [1.29, 1.82) is 0 Å². The molecule has 38 heavy (non-hydrogen) atoms. The number of hydrogen-bond donors (Lipinski definition) is 3. The Bertz CT molecular complexity index is 1580. The van der Waals surface area contributed by atoms with Crippen LogP contribution in [0.4, 0.5) is 11.6 Å². The molecular weight excluding hydrogens is 480 g/mol. The summed E-state index contributed by atoms with van der Waals surface area (Å²) < 4.78 is 1.79. The van der Waals surface area contributed by atoms with Crippen LogP contribution < -0.4 is 10.6 Å². The fourth-order valence-electron chi connectivity index (χ4n) is 4.05. The molecule has 3 N–H and O–H groups in total. The van der Waals surface area contributed by atoms with Crippen LogP contribution in [0.2, 0.25) is 0 Å². The van der Waals surface area contributed by atoms with Gasteiger partial charge in [-0.15, -0.1) is 0 Å². The largest absolute Gasteiger partial charge is 0.347 e. The van der Waals surface area contributed by atoms with E-state index in [-0.39, 0.29) is 5.91 Å². The third-order valence-electron chi connectivity index (χ3n) is 6.22. The van der Waals surface area contributed by atoms with Gasteiger partial charge in [0, 0.05) is 54.2 Å². The van der Waals surface area contributed by atoms with Crippen molar-refractivity contribution in [1.82, 2.24) is 45.2 Å². The molecule has 1 saturated carbocycles. The first-order valence-corrected chi connectivity index (χ1v) is 12.4. The van der Waals surface area contributed by atoms with Gasteiger partial charge in [0.05, 0.1) is 6.20 Å². The summed E-state index contributed by atoms with van der Waals surface area (Å²) in [7, 11) is 0. The maximum atomic E-state index is 12.7. The number of aromatic nitrogens is 8. The molecule has 190 valence electrons. The fourth-order valence-corrected chi connectivity index (χ4v) is 4.05. The van der Waals surface area contributed by atoms with Crippen LogP contribution in [0.5, 0.6) is 0 Å². The highest BCUT2D eigenvalue weighted by atomic mass is 16.1. The standard InChI is InChI=1S/C27H26N10O/c1-16-9-23(33-24-10-17(2)35-36-24)34-26(32-16)20-6-7-22(28-13-20)27(38)30-12-18-3-8-25(29-11-18)37-15-21(14-31-37)19-4-5-19/h3,6-11,13-15,19H,4-5,12H2,1-2H3,(H,30,38)(H2,32,33,34,35,36). The van der Waals surface area contributed by atoms with E-state index in [0.717, 1.165) is 22.8 Å². The Balaban J connectivity index is 1.08. The molecule has 11 nitrogen and oxygen atoms in total. The Morgan fingerprint density at radius 1 is 1.03 bits per heavy atom. The highest BCUT2D eigenvalue weighted by Gasteiger charge is 2.25. The molecule has 0 unspecified atom stereocenters. The second kappa shape index (κ2) is 9.85. The quantitative estimate of drug-likeness (QED) is 0.287. The molecule has 5 aromatic heterocycles. The average Bonchev–Trinajstić information content (AvgIpc) is 3.52. The second-order valence-electron chi connectivity index (χ2n) is 9.41. The number of H-pyrrole nitrogens is 1. The van der Waals surface area contributed by atoms with Gasteiger partial charge in [-0.1, -0.05) is 6.07 Å². The third-order valence-corrected chi connectivity index (χ3v) is 6.22. The minimum atomic E-state index is -0.275. The van der Waals surface area contributed by atoms with Crippen LogP contribution in [-0.2, 0) is 6.54 Å². The third kappa shape index (κ3) is 5.26. The lowest BCUT2D eigenvalue weighted by molar-refractivity contribution is 0.0946. The molecule has 0 saturated heterocycles. The van der Waals surface area contributed by atoms with Gasteiger partial charge in [-0.05, 0) is 61.9 Å². The predicted molar refractivity (Wildman–Crippen MR) is 141 cm³/mol. The molecule has 6 rings (SSSR count). The molecule has 5 aromatic rings. The lowest BCUT2D eigenvalue weighted by atomic mass is 10.2. The summed E-state index contributed by atoms with van der Waals surface area (Å²) in [5.74, 6) is 2.92. The van der Waals surface area contributed by atoms with Crippen molar-refractivity contribution >= 4 is 17.5 Å². The smallest absolute Gasteiger partial charge is 0.270 e. The molecule has 0 aromatic carbocycles. The lowest BCUT2D eigenvalue weighted by Crippen LogP contribution is -2.23. The van der Waals surface area contributed by atoms with Crippen LogP contribution in [0.1, 0.15) is 51.8 Å². The van der Waals surface area contributed by atoms with E-state index in [2.05, 4.69) is 45.9 Å². The summed E-state index contributed by atoms with van der Waals surface area (Å²) in [6.45, 7) is 4.16. The maximum Gasteiger partial charge on any atom is 0.270 e. The number of hydrogen-bond acceptors (Lipinski definition) is 8. The Hall–Kier alpha value is -4.93. The van der Waals surface area contributed by atoms with Crippen LogP contribution in [-0.4, -0.2) is 45.8 Å². The first kappa shape index (κ1) is 23.5. The van der Waals surface area contributed by atoms with Gasteiger partial charge in [0.1, 0.15) is 11.5 Å². The zero-order valence-corrected chi connectivity index (χ0v) is 21.0. The Morgan fingerprint density at radius 2 is 1.92 bits per heavy atom. The van der Waals surface area contributed by atoms with Crippen LogP contribution in [0, 0.1) is 13.8 Å². The van der Waals surface area contributed by atoms with Gasteiger partial charge in [0.25, 0.3) is 5.91 Å². The highest BCUT2D eigenvalue weighted by molar-refractivity contribution is 5.92. The van der Waals surface area contributed by atoms with E-state index < -0.39 is 0 Å². The zero-order chi connectivity index (χ0) is 26.1. The second-order valence-corrected chi connectivity index (χ2v) is 9.41. The van der Waals surface area contributed by atoms with Gasteiger partial charge in [-0.3, -0.25) is 14.9 Å². The molecule has 0 radical (unpaired) electrons. The van der Waals surface area contributed by atoms with Gasteiger partial charge in [-0.25, -0.2) is 19.6 Å². The number of pyridine rings is 2. The minimum Gasteiger partial charge on any atom is -0.347 e. The number of anilines is 2. The van der Waals surface area contributed by atoms with Crippen molar-refractivity contribution in [2.75, 3.05) is 5.32 Å². The van der Waals surface area contributed by atoms with E-state index in [9.17, 15) is 4.79 Å². The highest BCUT2D eigenvalue weighted by Crippen LogP contribution is 2.39. The number of amides is 1. The van der Waals surface area contributed by atoms with Gasteiger partial charge in [-0.2, -0.15) is 10.2 Å². The normalized spacial score (nSPS) is 12.9. The lowest BCUT2D eigenvalue weighted by Gasteiger charge is -2.08. The molecule has 0 atom stereocenters. The molecule has 0 bridgehead atoms. The molecule has 1 amide bonds. The van der Waals surface area contributed by atoms with Gasteiger partial charge in [0.2, 0.25) is 0 Å².